The molecule has 1 saturated heterocycles. The number of amides is 3. The van der Waals surface area contributed by atoms with E-state index in [4.69, 9.17) is 10.2 Å². The minimum absolute atomic E-state index is 0.0239. The van der Waals surface area contributed by atoms with Gasteiger partial charge >= 0.3 is 6.03 Å². The highest BCUT2D eigenvalue weighted by molar-refractivity contribution is 7.89. The molecule has 3 amide bonds. The van der Waals surface area contributed by atoms with Gasteiger partial charge in [0.05, 0.1) is 35.5 Å². The van der Waals surface area contributed by atoms with Crippen molar-refractivity contribution in [3.63, 3.8) is 0 Å². The van der Waals surface area contributed by atoms with E-state index in [1.165, 1.54) is 57.0 Å². The average molecular weight is 906 g/mol. The fourth-order valence-electron chi connectivity index (χ4n) is 8.81. The normalized spacial score (nSPS) is 16.1. The lowest BCUT2D eigenvalue weighted by molar-refractivity contribution is -0.128. The van der Waals surface area contributed by atoms with Gasteiger partial charge in [-0.15, -0.1) is 11.3 Å². The number of hydrogen-bond donors (Lipinski definition) is 4. The molecule has 0 saturated carbocycles. The molecular formula is C49H59N7O6S2. The smallest absolute Gasteiger partial charge is 0.321 e. The van der Waals surface area contributed by atoms with E-state index in [0.29, 0.717) is 38.2 Å². The van der Waals surface area contributed by atoms with Gasteiger partial charge in [0, 0.05) is 50.6 Å². The van der Waals surface area contributed by atoms with Crippen molar-refractivity contribution in [1.82, 2.24) is 29.7 Å². The van der Waals surface area contributed by atoms with E-state index in [0.717, 1.165) is 22.8 Å². The molecule has 5 aromatic rings. The second kappa shape index (κ2) is 21.0. The zero-order chi connectivity index (χ0) is 45.4. The maximum atomic E-state index is 14.5. The molecule has 0 radical (unpaired) electrons. The van der Waals surface area contributed by atoms with Crippen LogP contribution in [0.15, 0.2) is 119 Å². The number of urea groups is 1. The molecule has 1 aliphatic heterocycles. The number of carbonyl (C=O) groups excluding carboxylic acids is 2. The quantitative estimate of drug-likeness (QED) is 0.0349. The molecule has 1 aromatic heterocycles. The largest absolute Gasteiger partial charge is 0.411 e. The summed E-state index contributed by atoms with van der Waals surface area (Å²) in [5.41, 5.74) is 7.39. The van der Waals surface area contributed by atoms with E-state index < -0.39 is 34.1 Å². The van der Waals surface area contributed by atoms with Crippen molar-refractivity contribution < 1.29 is 28.3 Å². The van der Waals surface area contributed by atoms with Gasteiger partial charge in [0.1, 0.15) is 11.0 Å². The summed E-state index contributed by atoms with van der Waals surface area (Å²) in [6, 6.07) is 30.5. The number of aromatic nitrogens is 1. The molecule has 4 N–H and O–H groups in total. The topological polar surface area (TPSA) is 168 Å². The molecule has 1 aliphatic carbocycles. The number of rotatable bonds is 21. The Balaban J connectivity index is 1.01. The molecule has 0 bridgehead atoms. The van der Waals surface area contributed by atoms with E-state index >= 15 is 0 Å². The maximum Gasteiger partial charge on any atom is 0.321 e. The molecule has 7 rings (SSSR count). The predicted octanol–water partition coefficient (Wildman–Crippen LogP) is 6.94. The minimum Gasteiger partial charge on any atom is -0.411 e. The highest BCUT2D eigenvalue weighted by atomic mass is 32.2. The van der Waals surface area contributed by atoms with Gasteiger partial charge in [-0.05, 0) is 63.8 Å². The van der Waals surface area contributed by atoms with E-state index in [-0.39, 0.29) is 48.2 Å². The van der Waals surface area contributed by atoms with Gasteiger partial charge < -0.3 is 30.7 Å². The van der Waals surface area contributed by atoms with Crippen molar-refractivity contribution in [1.29, 1.82) is 0 Å². The second-order valence-electron chi connectivity index (χ2n) is 17.2. The van der Waals surface area contributed by atoms with Crippen LogP contribution in [0.4, 0.5) is 4.79 Å². The van der Waals surface area contributed by atoms with Gasteiger partial charge in [0.2, 0.25) is 15.9 Å². The third kappa shape index (κ3) is 10.7. The summed E-state index contributed by atoms with van der Waals surface area (Å²) in [5.74, 6) is -0.438. The number of aliphatic hydroxyl groups is 1. The number of oxime groups is 1. The maximum absolute atomic E-state index is 14.5. The lowest BCUT2D eigenvalue weighted by Crippen LogP contribution is -2.57. The first-order valence-electron chi connectivity index (χ1n) is 22.1. The Hall–Kier alpha value is -5.45. The fourth-order valence-corrected chi connectivity index (χ4v) is 11.2. The molecule has 1 fully saturated rings. The van der Waals surface area contributed by atoms with Crippen LogP contribution in [0.5, 0.6) is 0 Å². The van der Waals surface area contributed by atoms with Crippen molar-refractivity contribution in [2.24, 2.45) is 17.0 Å². The number of nitrogens with one attached hydrogen (secondary N) is 2. The standard InChI is InChI=1S/C49H59N7O6S2/c1-5-34(4)47(48(58)53-44(25-35-13-7-6-8-14-35)45(57)31-55(29-33(2)3)64(61,62)38-21-19-36(20-22-38)26-51-60)56-24-23-54(49(56)59)30-37-32-63-46(52-37)28-50-27-43-41-17-11-9-15-39(41)40-16-10-12-18-42(40)43/h6-22,26,32-34,43-45,47,50,57,60H,5,23-25,27-31H2,1-4H3,(H,53,58)/b51-26+/t34-,44-,45+,47-/m0/s1. The van der Waals surface area contributed by atoms with Gasteiger partial charge in [-0.3, -0.25) is 4.79 Å². The van der Waals surface area contributed by atoms with E-state index in [1.54, 1.807) is 21.1 Å². The molecule has 2 heterocycles. The van der Waals surface area contributed by atoms with Crippen LogP contribution in [0.3, 0.4) is 0 Å². The summed E-state index contributed by atoms with van der Waals surface area (Å²) >= 11 is 1.56. The Morgan fingerprint density at radius 1 is 0.938 bits per heavy atom. The van der Waals surface area contributed by atoms with Gasteiger partial charge in [-0.2, -0.15) is 4.31 Å². The monoisotopic (exact) mass is 905 g/mol. The van der Waals surface area contributed by atoms with Crippen LogP contribution >= 0.6 is 11.3 Å². The average Bonchev–Trinajstić information content (AvgIpc) is 3.99. The molecule has 2 aliphatic rings. The first-order valence-corrected chi connectivity index (χ1v) is 24.4. The minimum atomic E-state index is -4.08. The van der Waals surface area contributed by atoms with Crippen molar-refractivity contribution in [3.8, 4) is 11.1 Å². The lowest BCUT2D eigenvalue weighted by Gasteiger charge is -2.35. The molecule has 13 nitrogen and oxygen atoms in total. The van der Waals surface area contributed by atoms with Crippen molar-refractivity contribution >= 4 is 39.5 Å². The van der Waals surface area contributed by atoms with Crippen LogP contribution in [-0.4, -0.2) is 107 Å². The Morgan fingerprint density at radius 3 is 2.23 bits per heavy atom. The Bertz CT molecular complexity index is 2450. The number of nitrogens with zero attached hydrogens (tertiary/aromatic N) is 5. The van der Waals surface area contributed by atoms with Crippen LogP contribution in [-0.2, 0) is 34.3 Å². The Morgan fingerprint density at radius 2 is 1.59 bits per heavy atom. The van der Waals surface area contributed by atoms with Crippen molar-refractivity contribution in [2.75, 3.05) is 32.7 Å². The van der Waals surface area contributed by atoms with Gasteiger partial charge in [-0.25, -0.2) is 18.2 Å². The van der Waals surface area contributed by atoms with Crippen LogP contribution in [0.25, 0.3) is 11.1 Å². The number of thiazole rings is 1. The summed E-state index contributed by atoms with van der Waals surface area (Å²) in [6.07, 6.45) is 0.750. The number of hydrogen-bond acceptors (Lipinski definition) is 10. The third-order valence-electron chi connectivity index (χ3n) is 12.2. The molecule has 64 heavy (non-hydrogen) atoms. The molecule has 0 unspecified atom stereocenters. The van der Waals surface area contributed by atoms with Crippen LogP contribution < -0.4 is 10.6 Å². The summed E-state index contributed by atoms with van der Waals surface area (Å²) in [7, 11) is -4.08. The molecule has 15 heteroatoms. The van der Waals surface area contributed by atoms with Crippen molar-refractivity contribution in [3.05, 3.63) is 141 Å². The number of aliphatic hydroxyl groups excluding tert-OH is 1. The molecule has 338 valence electrons. The van der Waals surface area contributed by atoms with Crippen molar-refractivity contribution in [2.45, 2.75) is 82.6 Å². The first-order chi connectivity index (χ1) is 30.9. The van der Waals surface area contributed by atoms with Gasteiger partial charge in [0.25, 0.3) is 0 Å². The van der Waals surface area contributed by atoms with Gasteiger partial charge in [-0.1, -0.05) is 130 Å². The molecule has 4 atom stereocenters. The molecule has 4 aromatic carbocycles. The summed E-state index contributed by atoms with van der Waals surface area (Å²) in [6.45, 7) is 10.0. The Kier molecular flexibility index (Phi) is 15.3. The number of fused-ring (bicyclic) bond motifs is 3. The SMILES string of the molecule is CC[C@H](C)[C@@H](C(=O)N[C@@H](Cc1ccccc1)[C@H](O)CN(CC(C)C)S(=O)(=O)c1ccc(/C=N/O)cc1)N1CCN(Cc2csc(CNCC3c4ccccc4-c4ccccc43)n2)C1=O. The van der Waals surface area contributed by atoms with Crippen LogP contribution in [0.1, 0.15) is 73.0 Å². The van der Waals surface area contributed by atoms with Crippen LogP contribution in [0, 0.1) is 11.8 Å². The highest BCUT2D eigenvalue weighted by Crippen LogP contribution is 2.44. The first kappa shape index (κ1) is 46.5. The summed E-state index contributed by atoms with van der Waals surface area (Å²) in [5, 5.41) is 33.5. The highest BCUT2D eigenvalue weighted by Gasteiger charge is 2.41. The van der Waals surface area contributed by atoms with E-state index in [2.05, 4.69) is 64.3 Å². The molecular weight excluding hydrogens is 847 g/mol. The number of carbonyl (C=O) groups is 2. The zero-order valence-electron chi connectivity index (χ0n) is 36.9. The lowest BCUT2D eigenvalue weighted by atomic mass is 9.95. The third-order valence-corrected chi connectivity index (χ3v) is 15.0. The predicted molar refractivity (Wildman–Crippen MR) is 251 cm³/mol. The Labute approximate surface area is 380 Å². The summed E-state index contributed by atoms with van der Waals surface area (Å²) < 4.78 is 29.3. The zero-order valence-corrected chi connectivity index (χ0v) is 38.5. The van der Waals surface area contributed by atoms with E-state index in [9.17, 15) is 23.1 Å². The summed E-state index contributed by atoms with van der Waals surface area (Å²) in [4.78, 5) is 37.0. The van der Waals surface area contributed by atoms with Gasteiger partial charge in [0.15, 0.2) is 0 Å². The fraction of sp³-hybridized carbons (Fsp3) is 0.388. The van der Waals surface area contributed by atoms with Crippen LogP contribution in [0.2, 0.25) is 0 Å². The second-order valence-corrected chi connectivity index (χ2v) is 20.1. The molecule has 0 spiro atoms. The number of benzene rings is 4. The van der Waals surface area contributed by atoms with E-state index in [1.807, 2.05) is 63.4 Å². The number of sulfonamides is 1.